The lowest BCUT2D eigenvalue weighted by atomic mass is 9.93. The molecule has 0 amide bonds. The zero-order chi connectivity index (χ0) is 25.5. The molecule has 0 radical (unpaired) electrons. The summed E-state index contributed by atoms with van der Waals surface area (Å²) in [4.78, 5) is 12.1. The molecular formula is C26H32N6O3S. The fourth-order valence-corrected chi connectivity index (χ4v) is 5.98. The summed E-state index contributed by atoms with van der Waals surface area (Å²) in [5.41, 5.74) is 5.31. The van der Waals surface area contributed by atoms with E-state index in [2.05, 4.69) is 34.6 Å². The average molecular weight is 509 g/mol. The number of ether oxygens (including phenoxy) is 1. The lowest BCUT2D eigenvalue weighted by Gasteiger charge is -2.41. The highest BCUT2D eigenvalue weighted by atomic mass is 32.2. The number of rotatable bonds is 7. The first-order chi connectivity index (χ1) is 17.1. The Kier molecular flexibility index (Phi) is 6.34. The van der Waals surface area contributed by atoms with Crippen LogP contribution in [0.4, 0.5) is 0 Å². The largest absolute Gasteiger partial charge is 0.497 e. The van der Waals surface area contributed by atoms with Crippen molar-refractivity contribution in [3.05, 3.63) is 54.6 Å². The maximum atomic E-state index is 11.9. The molecule has 1 aliphatic heterocycles. The number of hydrogen-bond acceptors (Lipinski definition) is 7. The first kappa shape index (κ1) is 24.5. The van der Waals surface area contributed by atoms with Crippen molar-refractivity contribution in [1.29, 1.82) is 0 Å². The second-order valence-electron chi connectivity index (χ2n) is 10.0. The summed E-state index contributed by atoms with van der Waals surface area (Å²) in [6.07, 6.45) is 9.39. The van der Waals surface area contributed by atoms with Crippen LogP contribution in [-0.2, 0) is 23.3 Å². The van der Waals surface area contributed by atoms with Gasteiger partial charge in [0.15, 0.2) is 15.5 Å². The molecule has 10 heteroatoms. The summed E-state index contributed by atoms with van der Waals surface area (Å²) >= 11 is 0. The molecule has 0 N–H and O–H groups in total. The molecule has 3 aromatic heterocycles. The fraction of sp³-hybridized carbons (Fsp3) is 0.423. The number of nitrogens with zero attached hydrogens (tertiary/aromatic N) is 6. The minimum Gasteiger partial charge on any atom is -0.497 e. The van der Waals surface area contributed by atoms with Crippen molar-refractivity contribution in [2.75, 3.05) is 31.7 Å². The first-order valence-corrected chi connectivity index (χ1v) is 13.9. The van der Waals surface area contributed by atoms with Crippen LogP contribution in [-0.4, -0.2) is 74.9 Å². The van der Waals surface area contributed by atoms with Crippen molar-refractivity contribution in [2.45, 2.75) is 32.2 Å². The molecule has 4 heterocycles. The molecule has 9 nitrogen and oxygen atoms in total. The van der Waals surface area contributed by atoms with Crippen molar-refractivity contribution in [2.24, 2.45) is 7.05 Å². The highest BCUT2D eigenvalue weighted by Crippen LogP contribution is 2.29. The number of methoxy groups -OCH3 is 1. The molecule has 0 bridgehead atoms. The van der Waals surface area contributed by atoms with E-state index in [4.69, 9.17) is 14.7 Å². The summed E-state index contributed by atoms with van der Waals surface area (Å²) in [5.74, 6) is 1.26. The molecule has 0 saturated carbocycles. The van der Waals surface area contributed by atoms with E-state index in [0.29, 0.717) is 13.1 Å². The third kappa shape index (κ3) is 4.87. The summed E-state index contributed by atoms with van der Waals surface area (Å²) in [6.45, 7) is 5.55. The van der Waals surface area contributed by atoms with Crippen LogP contribution >= 0.6 is 0 Å². The highest BCUT2D eigenvalue weighted by Gasteiger charge is 2.32. The average Bonchev–Trinajstić information content (AvgIpc) is 3.45. The fourth-order valence-electron chi connectivity index (χ4n) is 4.78. The lowest BCUT2D eigenvalue weighted by molar-refractivity contribution is 0.123. The van der Waals surface area contributed by atoms with Gasteiger partial charge in [-0.05, 0) is 56.5 Å². The van der Waals surface area contributed by atoms with E-state index in [1.165, 1.54) is 0 Å². The Labute approximate surface area is 211 Å². The van der Waals surface area contributed by atoms with Gasteiger partial charge in [-0.25, -0.2) is 13.4 Å². The Bertz CT molecular complexity index is 1470. The second-order valence-corrected chi connectivity index (χ2v) is 12.3. The minimum absolute atomic E-state index is 0.130. The molecule has 1 fully saturated rings. The van der Waals surface area contributed by atoms with Crippen LogP contribution in [0.15, 0.2) is 49.1 Å². The van der Waals surface area contributed by atoms with E-state index < -0.39 is 9.84 Å². The van der Waals surface area contributed by atoms with Gasteiger partial charge in [-0.15, -0.1) is 0 Å². The molecule has 36 heavy (non-hydrogen) atoms. The van der Waals surface area contributed by atoms with Gasteiger partial charge >= 0.3 is 0 Å². The van der Waals surface area contributed by atoms with Crippen molar-refractivity contribution in [1.82, 2.24) is 29.2 Å². The molecule has 1 aliphatic rings. The van der Waals surface area contributed by atoms with E-state index >= 15 is 0 Å². The van der Waals surface area contributed by atoms with Crippen LogP contribution in [0, 0.1) is 0 Å². The Hall–Kier alpha value is -3.24. The Morgan fingerprint density at radius 1 is 1.06 bits per heavy atom. The predicted molar refractivity (Wildman–Crippen MR) is 140 cm³/mol. The topological polar surface area (TPSA) is 95.1 Å². The maximum Gasteiger partial charge on any atom is 0.164 e. The predicted octanol–water partition coefficient (Wildman–Crippen LogP) is 3.27. The number of benzene rings is 1. The van der Waals surface area contributed by atoms with Crippen molar-refractivity contribution in [3.8, 4) is 22.7 Å². The molecular weight excluding hydrogens is 476 g/mol. The van der Waals surface area contributed by atoms with Crippen molar-refractivity contribution in [3.63, 3.8) is 0 Å². The van der Waals surface area contributed by atoms with Crippen LogP contribution in [0.1, 0.15) is 25.8 Å². The third-order valence-corrected chi connectivity index (χ3v) is 8.74. The van der Waals surface area contributed by atoms with E-state index in [-0.39, 0.29) is 17.0 Å². The van der Waals surface area contributed by atoms with Crippen LogP contribution in [0.3, 0.4) is 0 Å². The zero-order valence-corrected chi connectivity index (χ0v) is 22.0. The van der Waals surface area contributed by atoms with E-state index in [1.54, 1.807) is 11.8 Å². The summed E-state index contributed by atoms with van der Waals surface area (Å²) < 4.78 is 32.9. The summed E-state index contributed by atoms with van der Waals surface area (Å²) in [5, 5.41) is 4.34. The van der Waals surface area contributed by atoms with Crippen molar-refractivity contribution >= 4 is 21.0 Å². The van der Waals surface area contributed by atoms with Gasteiger partial charge in [-0.2, -0.15) is 5.10 Å². The second kappa shape index (κ2) is 9.33. The molecule has 1 saturated heterocycles. The van der Waals surface area contributed by atoms with Gasteiger partial charge in [0.2, 0.25) is 0 Å². The third-order valence-electron chi connectivity index (χ3n) is 7.13. The van der Waals surface area contributed by atoms with Crippen LogP contribution in [0.2, 0.25) is 0 Å². The number of fused-ring (bicyclic) bond motifs is 1. The van der Waals surface area contributed by atoms with Crippen LogP contribution in [0.25, 0.3) is 28.1 Å². The van der Waals surface area contributed by atoms with Gasteiger partial charge in [0, 0.05) is 43.6 Å². The Morgan fingerprint density at radius 3 is 2.42 bits per heavy atom. The lowest BCUT2D eigenvalue weighted by Crippen LogP contribution is -2.51. The molecule has 0 spiro atoms. The van der Waals surface area contributed by atoms with Gasteiger partial charge in [-0.1, -0.05) is 0 Å². The van der Waals surface area contributed by atoms with E-state index in [9.17, 15) is 8.42 Å². The SMILES string of the molecule is COc1ccc(-c2cnc3c(CCC(C)(C)N4CCS(=O)(=O)CC4)cn(-c4cnn(C)c4)c3n2)cc1. The molecule has 0 aliphatic carbocycles. The minimum atomic E-state index is -2.91. The van der Waals surface area contributed by atoms with E-state index in [0.717, 1.165) is 52.3 Å². The molecule has 4 aromatic rings. The number of hydrogen-bond donors (Lipinski definition) is 0. The molecule has 190 valence electrons. The quantitative estimate of drug-likeness (QED) is 0.378. The normalized spacial score (nSPS) is 16.4. The van der Waals surface area contributed by atoms with Crippen molar-refractivity contribution < 1.29 is 13.2 Å². The summed E-state index contributed by atoms with van der Waals surface area (Å²) in [7, 11) is 0.639. The van der Waals surface area contributed by atoms with Gasteiger partial charge in [-0.3, -0.25) is 19.1 Å². The smallest absolute Gasteiger partial charge is 0.164 e. The number of sulfone groups is 1. The maximum absolute atomic E-state index is 11.9. The first-order valence-electron chi connectivity index (χ1n) is 12.1. The highest BCUT2D eigenvalue weighted by molar-refractivity contribution is 7.91. The zero-order valence-electron chi connectivity index (χ0n) is 21.2. The molecule has 0 atom stereocenters. The summed E-state index contributed by atoms with van der Waals surface area (Å²) in [6, 6.07) is 7.80. The molecule has 1 aromatic carbocycles. The van der Waals surface area contributed by atoms with Crippen LogP contribution < -0.4 is 4.74 Å². The monoisotopic (exact) mass is 508 g/mol. The number of aryl methyl sites for hydroxylation is 2. The van der Waals surface area contributed by atoms with Gasteiger partial charge in [0.1, 0.15) is 11.3 Å². The van der Waals surface area contributed by atoms with E-state index in [1.807, 2.05) is 49.9 Å². The number of aromatic nitrogens is 5. The van der Waals surface area contributed by atoms with Gasteiger partial charge < -0.3 is 4.74 Å². The Morgan fingerprint density at radius 2 is 1.78 bits per heavy atom. The molecule has 0 unspecified atom stereocenters. The standard InChI is InChI=1S/C26H32N6O3S/c1-26(2,31-11-13-36(33,34)14-12-31)10-9-20-17-32(21-15-28-30(3)18-21)25-24(20)27-16-23(29-25)19-5-7-22(35-4)8-6-19/h5-8,15-18H,9-14H2,1-4H3. The van der Waals surface area contributed by atoms with Crippen LogP contribution in [0.5, 0.6) is 5.75 Å². The Balaban J connectivity index is 1.47. The molecule has 5 rings (SSSR count). The van der Waals surface area contributed by atoms with Gasteiger partial charge in [0.05, 0.1) is 42.4 Å². The van der Waals surface area contributed by atoms with Gasteiger partial charge in [0.25, 0.3) is 0 Å².